The number of rotatable bonds is 5. The lowest BCUT2D eigenvalue weighted by atomic mass is 9.91. The zero-order valence-electron chi connectivity index (χ0n) is 12.2. The molecule has 1 saturated carbocycles. The fourth-order valence-electron chi connectivity index (χ4n) is 3.04. The number of aliphatic hydroxyl groups is 1. The lowest BCUT2D eigenvalue weighted by Crippen LogP contribution is -2.38. The zero-order valence-corrected chi connectivity index (χ0v) is 12.2. The molecule has 0 aromatic heterocycles. The van der Waals surface area contributed by atoms with Gasteiger partial charge in [-0.05, 0) is 49.7 Å². The van der Waals surface area contributed by atoms with E-state index in [0.29, 0.717) is 12.1 Å². The summed E-state index contributed by atoms with van der Waals surface area (Å²) in [6.07, 6.45) is 6.30. The highest BCUT2D eigenvalue weighted by atomic mass is 16.3. The molecule has 3 atom stereocenters. The van der Waals surface area contributed by atoms with Gasteiger partial charge >= 0.3 is 0 Å². The molecule has 1 aromatic rings. The first-order chi connectivity index (χ1) is 9.22. The van der Waals surface area contributed by atoms with Crippen molar-refractivity contribution < 1.29 is 5.11 Å². The van der Waals surface area contributed by atoms with Gasteiger partial charge in [-0.15, -0.1) is 0 Å². The number of nitrogens with one attached hydrogen (secondary N) is 1. The standard InChI is InChI=1S/C17H27NO/c1-3-13-8-10-14(11-9-13)17(4-2)18-15-6-5-7-16(19)12-15/h8-11,15-19H,3-7,12H2,1-2H3. The van der Waals surface area contributed by atoms with E-state index in [9.17, 15) is 5.11 Å². The Labute approximate surface area is 117 Å². The molecule has 0 spiro atoms. The third-order valence-electron chi connectivity index (χ3n) is 4.28. The maximum Gasteiger partial charge on any atom is 0.0555 e. The molecule has 2 nitrogen and oxygen atoms in total. The van der Waals surface area contributed by atoms with Crippen LogP contribution in [0.15, 0.2) is 24.3 Å². The molecule has 2 rings (SSSR count). The second-order valence-corrected chi connectivity index (χ2v) is 5.74. The molecule has 1 aromatic carbocycles. The van der Waals surface area contributed by atoms with E-state index in [1.165, 1.54) is 17.5 Å². The van der Waals surface area contributed by atoms with Gasteiger partial charge in [-0.25, -0.2) is 0 Å². The van der Waals surface area contributed by atoms with Crippen LogP contribution in [-0.2, 0) is 6.42 Å². The molecule has 19 heavy (non-hydrogen) atoms. The Morgan fingerprint density at radius 3 is 2.53 bits per heavy atom. The second-order valence-electron chi connectivity index (χ2n) is 5.74. The van der Waals surface area contributed by atoms with Gasteiger partial charge in [-0.2, -0.15) is 0 Å². The molecule has 0 bridgehead atoms. The predicted octanol–water partition coefficient (Wildman–Crippen LogP) is 3.59. The molecule has 1 aliphatic carbocycles. The van der Waals surface area contributed by atoms with Gasteiger partial charge in [0.2, 0.25) is 0 Å². The van der Waals surface area contributed by atoms with Crippen LogP contribution in [-0.4, -0.2) is 17.3 Å². The molecule has 3 unspecified atom stereocenters. The average molecular weight is 261 g/mol. The van der Waals surface area contributed by atoms with Gasteiger partial charge in [0.15, 0.2) is 0 Å². The third-order valence-corrected chi connectivity index (χ3v) is 4.28. The lowest BCUT2D eigenvalue weighted by molar-refractivity contribution is 0.108. The largest absolute Gasteiger partial charge is 0.393 e. The summed E-state index contributed by atoms with van der Waals surface area (Å²) in [5.41, 5.74) is 2.77. The smallest absolute Gasteiger partial charge is 0.0555 e. The molecular weight excluding hydrogens is 234 g/mol. The minimum atomic E-state index is -0.105. The van der Waals surface area contributed by atoms with Crippen molar-refractivity contribution in [1.82, 2.24) is 5.32 Å². The number of hydrogen-bond donors (Lipinski definition) is 2. The molecule has 0 radical (unpaired) electrons. The van der Waals surface area contributed by atoms with Crippen LogP contribution in [0.1, 0.15) is 63.1 Å². The van der Waals surface area contributed by atoms with Crippen LogP contribution in [0.3, 0.4) is 0 Å². The summed E-state index contributed by atoms with van der Waals surface area (Å²) in [5, 5.41) is 13.5. The predicted molar refractivity (Wildman–Crippen MR) is 80.3 cm³/mol. The van der Waals surface area contributed by atoms with E-state index < -0.39 is 0 Å². The topological polar surface area (TPSA) is 32.3 Å². The highest BCUT2D eigenvalue weighted by Crippen LogP contribution is 2.24. The Morgan fingerprint density at radius 1 is 1.21 bits per heavy atom. The Balaban J connectivity index is 1.98. The summed E-state index contributed by atoms with van der Waals surface area (Å²) in [6.45, 7) is 4.42. The van der Waals surface area contributed by atoms with Gasteiger partial charge in [0.1, 0.15) is 0 Å². The van der Waals surface area contributed by atoms with E-state index in [2.05, 4.69) is 43.4 Å². The summed E-state index contributed by atoms with van der Waals surface area (Å²) in [4.78, 5) is 0. The second kappa shape index (κ2) is 7.06. The molecule has 0 heterocycles. The molecule has 0 aliphatic heterocycles. The molecule has 2 heteroatoms. The van der Waals surface area contributed by atoms with Crippen LogP contribution in [0.4, 0.5) is 0 Å². The van der Waals surface area contributed by atoms with Crippen LogP contribution in [0.25, 0.3) is 0 Å². The van der Waals surface area contributed by atoms with Gasteiger partial charge in [-0.3, -0.25) is 0 Å². The van der Waals surface area contributed by atoms with Crippen molar-refractivity contribution in [2.45, 2.75) is 70.6 Å². The van der Waals surface area contributed by atoms with Crippen molar-refractivity contribution in [2.24, 2.45) is 0 Å². The monoisotopic (exact) mass is 261 g/mol. The van der Waals surface area contributed by atoms with Gasteiger partial charge in [-0.1, -0.05) is 38.1 Å². The van der Waals surface area contributed by atoms with Crippen molar-refractivity contribution in [1.29, 1.82) is 0 Å². The minimum Gasteiger partial charge on any atom is -0.393 e. The van der Waals surface area contributed by atoms with E-state index >= 15 is 0 Å². The quantitative estimate of drug-likeness (QED) is 0.849. The van der Waals surface area contributed by atoms with Crippen molar-refractivity contribution >= 4 is 0 Å². The van der Waals surface area contributed by atoms with Crippen molar-refractivity contribution in [2.75, 3.05) is 0 Å². The minimum absolute atomic E-state index is 0.105. The summed E-state index contributed by atoms with van der Waals surface area (Å²) >= 11 is 0. The first kappa shape index (κ1) is 14.5. The molecule has 1 fully saturated rings. The number of aryl methyl sites for hydroxylation is 1. The first-order valence-electron chi connectivity index (χ1n) is 7.75. The van der Waals surface area contributed by atoms with Crippen LogP contribution in [0, 0.1) is 0 Å². The fourth-order valence-corrected chi connectivity index (χ4v) is 3.04. The summed E-state index contributed by atoms with van der Waals surface area (Å²) in [7, 11) is 0. The van der Waals surface area contributed by atoms with Gasteiger partial charge in [0, 0.05) is 12.1 Å². The number of benzene rings is 1. The molecule has 0 amide bonds. The molecule has 2 N–H and O–H groups in total. The van der Waals surface area contributed by atoms with E-state index in [4.69, 9.17) is 0 Å². The SMILES string of the molecule is CCc1ccc(C(CC)NC2CCCC(O)C2)cc1. The summed E-state index contributed by atoms with van der Waals surface area (Å²) < 4.78 is 0. The summed E-state index contributed by atoms with van der Waals surface area (Å²) in [6, 6.07) is 9.85. The normalized spacial score (nSPS) is 25.2. The summed E-state index contributed by atoms with van der Waals surface area (Å²) in [5.74, 6) is 0. The maximum absolute atomic E-state index is 9.76. The van der Waals surface area contributed by atoms with E-state index in [-0.39, 0.29) is 6.10 Å². The van der Waals surface area contributed by atoms with Crippen molar-refractivity contribution in [3.8, 4) is 0 Å². The Hall–Kier alpha value is -0.860. The molecule has 106 valence electrons. The first-order valence-corrected chi connectivity index (χ1v) is 7.75. The van der Waals surface area contributed by atoms with Crippen molar-refractivity contribution in [3.63, 3.8) is 0 Å². The molecule has 0 saturated heterocycles. The Kier molecular flexibility index (Phi) is 5.41. The van der Waals surface area contributed by atoms with Crippen LogP contribution in [0.2, 0.25) is 0 Å². The van der Waals surface area contributed by atoms with E-state index in [1.54, 1.807) is 0 Å². The van der Waals surface area contributed by atoms with E-state index in [1.807, 2.05) is 0 Å². The average Bonchev–Trinajstić information content (AvgIpc) is 2.45. The van der Waals surface area contributed by atoms with Gasteiger partial charge < -0.3 is 10.4 Å². The number of aliphatic hydroxyl groups excluding tert-OH is 1. The third kappa shape index (κ3) is 4.05. The van der Waals surface area contributed by atoms with Crippen LogP contribution < -0.4 is 5.32 Å². The molecule has 1 aliphatic rings. The van der Waals surface area contributed by atoms with Gasteiger partial charge in [0.25, 0.3) is 0 Å². The van der Waals surface area contributed by atoms with Crippen LogP contribution in [0.5, 0.6) is 0 Å². The fraction of sp³-hybridized carbons (Fsp3) is 0.647. The highest BCUT2D eigenvalue weighted by molar-refractivity contribution is 5.25. The Bertz CT molecular complexity index is 373. The van der Waals surface area contributed by atoms with Crippen molar-refractivity contribution in [3.05, 3.63) is 35.4 Å². The zero-order chi connectivity index (χ0) is 13.7. The van der Waals surface area contributed by atoms with Gasteiger partial charge in [0.05, 0.1) is 6.10 Å². The highest BCUT2D eigenvalue weighted by Gasteiger charge is 2.22. The van der Waals surface area contributed by atoms with E-state index in [0.717, 1.165) is 32.1 Å². The lowest BCUT2D eigenvalue weighted by Gasteiger charge is -2.30. The van der Waals surface area contributed by atoms with Crippen LogP contribution >= 0.6 is 0 Å². The maximum atomic E-state index is 9.76. The number of hydrogen-bond acceptors (Lipinski definition) is 2. The Morgan fingerprint density at radius 2 is 1.95 bits per heavy atom. The molecular formula is C17H27NO.